The van der Waals surface area contributed by atoms with Gasteiger partial charge in [-0.15, -0.1) is 21.5 Å². The maximum atomic E-state index is 6.44. The zero-order chi connectivity index (χ0) is 20.0. The molecule has 2 N–H and O–H groups in total. The Kier molecular flexibility index (Phi) is 4.10. The second-order valence-electron chi connectivity index (χ2n) is 6.90. The summed E-state index contributed by atoms with van der Waals surface area (Å²) in [7, 11) is 0. The standard InChI is InChI=1S/C22H18N6S/c1-13-8-10-15(11-9-13)17-12-29-22(24-17)19-20(23)28-21(26-25-19)18(14(2)27-28)16-6-4-3-5-7-16/h3-12H,23H2,1-2H3. The van der Waals surface area contributed by atoms with E-state index in [0.717, 1.165) is 33.1 Å². The van der Waals surface area contributed by atoms with E-state index in [1.54, 1.807) is 4.52 Å². The number of aryl methyl sites for hydroxylation is 2. The van der Waals surface area contributed by atoms with Crippen molar-refractivity contribution in [3.8, 4) is 33.1 Å². The molecular formula is C22H18N6S. The molecule has 0 fully saturated rings. The van der Waals surface area contributed by atoms with E-state index in [1.807, 2.05) is 42.6 Å². The molecule has 5 rings (SSSR count). The molecule has 5 aromatic rings. The van der Waals surface area contributed by atoms with Gasteiger partial charge in [-0.2, -0.15) is 9.61 Å². The molecule has 0 aliphatic rings. The number of aromatic nitrogens is 5. The third-order valence-electron chi connectivity index (χ3n) is 4.87. The third kappa shape index (κ3) is 2.96. The Hall–Kier alpha value is -3.58. The molecule has 0 aliphatic carbocycles. The van der Waals surface area contributed by atoms with Gasteiger partial charge < -0.3 is 5.73 Å². The monoisotopic (exact) mass is 398 g/mol. The van der Waals surface area contributed by atoms with Crippen LogP contribution in [0.5, 0.6) is 0 Å². The van der Waals surface area contributed by atoms with E-state index >= 15 is 0 Å². The first-order valence-electron chi connectivity index (χ1n) is 9.21. The topological polar surface area (TPSA) is 82.0 Å². The summed E-state index contributed by atoms with van der Waals surface area (Å²) in [5.74, 6) is 0.435. The number of rotatable bonds is 3. The van der Waals surface area contributed by atoms with Gasteiger partial charge in [0.2, 0.25) is 0 Å². The van der Waals surface area contributed by atoms with Crippen molar-refractivity contribution in [2.45, 2.75) is 13.8 Å². The maximum Gasteiger partial charge on any atom is 0.187 e. The minimum absolute atomic E-state index is 0.435. The van der Waals surface area contributed by atoms with Crippen molar-refractivity contribution in [1.82, 2.24) is 24.8 Å². The summed E-state index contributed by atoms with van der Waals surface area (Å²) >= 11 is 1.50. The molecule has 0 radical (unpaired) electrons. The summed E-state index contributed by atoms with van der Waals surface area (Å²) in [4.78, 5) is 4.73. The van der Waals surface area contributed by atoms with Crippen molar-refractivity contribution in [1.29, 1.82) is 0 Å². The van der Waals surface area contributed by atoms with Crippen LogP contribution in [0.4, 0.5) is 5.82 Å². The number of fused-ring (bicyclic) bond motifs is 1. The van der Waals surface area contributed by atoms with E-state index in [1.165, 1.54) is 16.9 Å². The Bertz CT molecular complexity index is 1320. The minimum atomic E-state index is 0.435. The summed E-state index contributed by atoms with van der Waals surface area (Å²) in [5, 5.41) is 16.2. The van der Waals surface area contributed by atoms with E-state index in [0.29, 0.717) is 17.2 Å². The average Bonchev–Trinajstić information content (AvgIpc) is 3.34. The normalized spacial score (nSPS) is 11.2. The second-order valence-corrected chi connectivity index (χ2v) is 7.76. The fourth-order valence-electron chi connectivity index (χ4n) is 3.36. The minimum Gasteiger partial charge on any atom is -0.382 e. The molecule has 0 unspecified atom stereocenters. The van der Waals surface area contributed by atoms with Crippen molar-refractivity contribution in [2.75, 3.05) is 5.73 Å². The number of benzene rings is 2. The van der Waals surface area contributed by atoms with Crippen LogP contribution >= 0.6 is 11.3 Å². The SMILES string of the molecule is Cc1ccc(-c2csc(-c3nnc4c(-c5ccccc5)c(C)nn4c3N)n2)cc1. The van der Waals surface area contributed by atoms with Gasteiger partial charge in [-0.3, -0.25) is 0 Å². The zero-order valence-corrected chi connectivity index (χ0v) is 16.8. The fraction of sp³-hybridized carbons (Fsp3) is 0.0909. The predicted octanol–water partition coefficient (Wildman–Crippen LogP) is 4.78. The van der Waals surface area contributed by atoms with Crippen LogP contribution in [0.15, 0.2) is 60.0 Å². The molecule has 29 heavy (non-hydrogen) atoms. The van der Waals surface area contributed by atoms with Gasteiger partial charge in [-0.25, -0.2) is 4.98 Å². The molecule has 3 aromatic heterocycles. The Morgan fingerprint density at radius 2 is 1.66 bits per heavy atom. The van der Waals surface area contributed by atoms with Gasteiger partial charge in [0.15, 0.2) is 17.2 Å². The lowest BCUT2D eigenvalue weighted by Crippen LogP contribution is -2.05. The maximum absolute atomic E-state index is 6.44. The van der Waals surface area contributed by atoms with Crippen LogP contribution in [-0.2, 0) is 0 Å². The van der Waals surface area contributed by atoms with Crippen LogP contribution in [0.2, 0.25) is 0 Å². The fourth-order valence-corrected chi connectivity index (χ4v) is 4.18. The molecule has 0 spiro atoms. The Balaban J connectivity index is 1.61. The molecule has 2 aromatic carbocycles. The van der Waals surface area contributed by atoms with Gasteiger partial charge in [-0.1, -0.05) is 60.2 Å². The number of anilines is 1. The number of hydrogen-bond acceptors (Lipinski definition) is 6. The third-order valence-corrected chi connectivity index (χ3v) is 5.72. The molecule has 0 saturated carbocycles. The molecular weight excluding hydrogens is 380 g/mol. The quantitative estimate of drug-likeness (QED) is 0.473. The lowest BCUT2D eigenvalue weighted by molar-refractivity contribution is 0.892. The summed E-state index contributed by atoms with van der Waals surface area (Å²) in [6.45, 7) is 4.02. The van der Waals surface area contributed by atoms with Crippen LogP contribution in [0.1, 0.15) is 11.3 Å². The number of thiazole rings is 1. The smallest absolute Gasteiger partial charge is 0.187 e. The summed E-state index contributed by atoms with van der Waals surface area (Å²) in [6.07, 6.45) is 0. The zero-order valence-electron chi connectivity index (χ0n) is 16.0. The molecule has 0 aliphatic heterocycles. The second kappa shape index (κ2) is 6.79. The highest BCUT2D eigenvalue weighted by Gasteiger charge is 2.19. The molecule has 0 amide bonds. The first kappa shape index (κ1) is 17.5. The van der Waals surface area contributed by atoms with Crippen molar-refractivity contribution in [3.63, 3.8) is 0 Å². The van der Waals surface area contributed by atoms with Crippen LogP contribution in [-0.4, -0.2) is 24.8 Å². The first-order valence-corrected chi connectivity index (χ1v) is 10.1. The van der Waals surface area contributed by atoms with Gasteiger partial charge in [0, 0.05) is 10.9 Å². The van der Waals surface area contributed by atoms with E-state index in [4.69, 9.17) is 10.7 Å². The van der Waals surface area contributed by atoms with Crippen molar-refractivity contribution in [3.05, 3.63) is 71.2 Å². The van der Waals surface area contributed by atoms with Crippen LogP contribution in [0.25, 0.3) is 38.7 Å². The molecule has 0 bridgehead atoms. The van der Waals surface area contributed by atoms with Crippen molar-refractivity contribution < 1.29 is 0 Å². The molecule has 3 heterocycles. The molecule has 142 valence electrons. The number of nitrogen functional groups attached to an aromatic ring is 1. The Labute approximate surface area is 171 Å². The van der Waals surface area contributed by atoms with Crippen LogP contribution in [0, 0.1) is 13.8 Å². The Morgan fingerprint density at radius 3 is 2.41 bits per heavy atom. The molecule has 0 saturated heterocycles. The summed E-state index contributed by atoms with van der Waals surface area (Å²) < 4.78 is 1.66. The molecule has 6 nitrogen and oxygen atoms in total. The molecule has 7 heteroatoms. The van der Waals surface area contributed by atoms with Gasteiger partial charge in [0.25, 0.3) is 0 Å². The van der Waals surface area contributed by atoms with E-state index in [-0.39, 0.29) is 0 Å². The number of hydrogen-bond donors (Lipinski definition) is 1. The first-order chi connectivity index (χ1) is 14.1. The summed E-state index contributed by atoms with van der Waals surface area (Å²) in [6, 6.07) is 18.3. The number of nitrogens with zero attached hydrogens (tertiary/aromatic N) is 5. The van der Waals surface area contributed by atoms with Gasteiger partial charge in [0.05, 0.1) is 17.0 Å². The van der Waals surface area contributed by atoms with E-state index in [2.05, 4.69) is 46.5 Å². The number of nitrogens with two attached hydrogens (primary N) is 1. The van der Waals surface area contributed by atoms with Gasteiger partial charge in [-0.05, 0) is 19.4 Å². The van der Waals surface area contributed by atoms with Gasteiger partial charge in [0.1, 0.15) is 5.01 Å². The van der Waals surface area contributed by atoms with E-state index in [9.17, 15) is 0 Å². The lowest BCUT2D eigenvalue weighted by atomic mass is 10.1. The van der Waals surface area contributed by atoms with Gasteiger partial charge >= 0.3 is 0 Å². The predicted molar refractivity (Wildman–Crippen MR) is 117 cm³/mol. The van der Waals surface area contributed by atoms with Crippen molar-refractivity contribution >= 4 is 22.8 Å². The average molecular weight is 398 g/mol. The largest absolute Gasteiger partial charge is 0.382 e. The Morgan fingerprint density at radius 1 is 0.897 bits per heavy atom. The highest BCUT2D eigenvalue weighted by molar-refractivity contribution is 7.13. The highest BCUT2D eigenvalue weighted by Crippen LogP contribution is 2.33. The highest BCUT2D eigenvalue weighted by atomic mass is 32.1. The van der Waals surface area contributed by atoms with Crippen LogP contribution in [0.3, 0.4) is 0 Å². The van der Waals surface area contributed by atoms with Crippen molar-refractivity contribution in [2.24, 2.45) is 0 Å². The van der Waals surface area contributed by atoms with Crippen LogP contribution < -0.4 is 5.73 Å². The summed E-state index contributed by atoms with van der Waals surface area (Å²) in [5.41, 5.74) is 13.6. The molecule has 0 atom stereocenters. The van der Waals surface area contributed by atoms with E-state index < -0.39 is 0 Å². The lowest BCUT2D eigenvalue weighted by Gasteiger charge is -2.04.